The molecule has 0 aliphatic carbocycles. The van der Waals surface area contributed by atoms with Crippen molar-refractivity contribution in [3.05, 3.63) is 82.7 Å². The first-order valence-corrected chi connectivity index (χ1v) is 9.62. The average Bonchev–Trinajstić information content (AvgIpc) is 2.95. The van der Waals surface area contributed by atoms with Crippen LogP contribution in [0.1, 0.15) is 35.0 Å². The third kappa shape index (κ3) is 5.54. The first kappa shape index (κ1) is 20.3. The smallest absolute Gasteiger partial charge is 0.224 e. The molecule has 2 amide bonds. The first-order valence-electron chi connectivity index (χ1n) is 9.62. The van der Waals surface area contributed by atoms with E-state index < -0.39 is 0 Å². The molecule has 0 aliphatic rings. The van der Waals surface area contributed by atoms with Crippen molar-refractivity contribution in [3.63, 3.8) is 0 Å². The quantitative estimate of drug-likeness (QED) is 0.649. The van der Waals surface area contributed by atoms with Gasteiger partial charge in [0.15, 0.2) is 0 Å². The Bertz CT molecular complexity index is 992. The number of aromatic nitrogens is 2. The monoisotopic (exact) mass is 390 g/mol. The molecule has 0 saturated heterocycles. The molecule has 2 N–H and O–H groups in total. The van der Waals surface area contributed by atoms with E-state index in [0.717, 1.165) is 28.2 Å². The summed E-state index contributed by atoms with van der Waals surface area (Å²) in [5.41, 5.74) is 5.85. The van der Waals surface area contributed by atoms with E-state index in [1.54, 1.807) is 12.1 Å². The second-order valence-corrected chi connectivity index (χ2v) is 7.12. The highest BCUT2D eigenvalue weighted by atomic mass is 16.2. The average molecular weight is 390 g/mol. The molecule has 3 aromatic rings. The number of nitrogens with zero attached hydrogens (tertiary/aromatic N) is 2. The number of hydrogen-bond acceptors (Lipinski definition) is 3. The fraction of sp³-hybridized carbons (Fsp3) is 0.261. The summed E-state index contributed by atoms with van der Waals surface area (Å²) in [6.45, 7) is 6.63. The number of nitrogens with one attached hydrogen (secondary N) is 2. The predicted octanol–water partition coefficient (Wildman–Crippen LogP) is 3.37. The minimum Gasteiger partial charge on any atom is -0.352 e. The Morgan fingerprint density at radius 3 is 2.31 bits per heavy atom. The lowest BCUT2D eigenvalue weighted by Gasteiger charge is -2.08. The van der Waals surface area contributed by atoms with E-state index in [0.29, 0.717) is 13.1 Å². The summed E-state index contributed by atoms with van der Waals surface area (Å²) in [4.78, 5) is 23.4. The largest absolute Gasteiger partial charge is 0.352 e. The molecule has 0 bridgehead atoms. The molecular weight excluding hydrogens is 364 g/mol. The Hall–Kier alpha value is -3.41. The van der Waals surface area contributed by atoms with Gasteiger partial charge in [0.05, 0.1) is 18.7 Å². The molecular formula is C23H26N4O2. The number of amides is 2. The number of anilines is 1. The van der Waals surface area contributed by atoms with Crippen LogP contribution in [0.2, 0.25) is 0 Å². The maximum Gasteiger partial charge on any atom is 0.224 e. The molecule has 0 spiro atoms. The van der Waals surface area contributed by atoms with Crippen LogP contribution < -0.4 is 10.6 Å². The molecule has 1 aromatic heterocycles. The van der Waals surface area contributed by atoms with Crippen LogP contribution in [0.4, 0.5) is 5.69 Å². The summed E-state index contributed by atoms with van der Waals surface area (Å²) in [5.74, 6) is -0.166. The van der Waals surface area contributed by atoms with Crippen LogP contribution in [0.3, 0.4) is 0 Å². The zero-order valence-electron chi connectivity index (χ0n) is 17.0. The third-order valence-electron chi connectivity index (χ3n) is 4.81. The number of carbonyl (C=O) groups is 2. The van der Waals surface area contributed by atoms with Crippen molar-refractivity contribution in [2.75, 3.05) is 5.32 Å². The van der Waals surface area contributed by atoms with Gasteiger partial charge in [-0.15, -0.1) is 0 Å². The van der Waals surface area contributed by atoms with E-state index in [9.17, 15) is 9.59 Å². The van der Waals surface area contributed by atoms with E-state index in [2.05, 4.69) is 27.9 Å². The molecule has 1 heterocycles. The summed E-state index contributed by atoms with van der Waals surface area (Å²) in [6.07, 6.45) is 0.288. The summed E-state index contributed by atoms with van der Waals surface area (Å²) < 4.78 is 1.98. The van der Waals surface area contributed by atoms with Gasteiger partial charge in [0.1, 0.15) is 0 Å². The lowest BCUT2D eigenvalue weighted by Crippen LogP contribution is -2.25. The van der Waals surface area contributed by atoms with Crippen LogP contribution >= 0.6 is 0 Å². The minimum absolute atomic E-state index is 0.0492. The lowest BCUT2D eigenvalue weighted by atomic mass is 10.1. The minimum atomic E-state index is -0.117. The van der Waals surface area contributed by atoms with Crippen molar-refractivity contribution in [2.24, 2.45) is 0 Å². The van der Waals surface area contributed by atoms with Crippen LogP contribution in [0.25, 0.3) is 0 Å². The fourth-order valence-corrected chi connectivity index (χ4v) is 3.24. The van der Waals surface area contributed by atoms with Crippen molar-refractivity contribution in [1.29, 1.82) is 0 Å². The van der Waals surface area contributed by atoms with Crippen LogP contribution in [0.5, 0.6) is 0 Å². The van der Waals surface area contributed by atoms with E-state index >= 15 is 0 Å². The summed E-state index contributed by atoms with van der Waals surface area (Å²) in [6, 6.07) is 17.5. The maximum absolute atomic E-state index is 12.4. The highest BCUT2D eigenvalue weighted by molar-refractivity contribution is 5.88. The number of hydrogen-bond donors (Lipinski definition) is 2. The predicted molar refractivity (Wildman–Crippen MR) is 114 cm³/mol. The first-order chi connectivity index (χ1) is 13.9. The van der Waals surface area contributed by atoms with Crippen molar-refractivity contribution in [2.45, 2.75) is 40.3 Å². The molecule has 0 radical (unpaired) electrons. The Balaban J connectivity index is 1.58. The molecule has 0 fully saturated rings. The SMILES string of the molecule is CC(=O)Nc1ccc(CC(=O)NCc2c(C)nn(Cc3ccccc3)c2C)cc1. The molecule has 6 heteroatoms. The topological polar surface area (TPSA) is 76.0 Å². The van der Waals surface area contributed by atoms with Crippen LogP contribution in [0, 0.1) is 13.8 Å². The number of carbonyl (C=O) groups excluding carboxylic acids is 2. The molecule has 0 unspecified atom stereocenters. The molecule has 0 saturated carbocycles. The van der Waals surface area contributed by atoms with Gasteiger partial charge in [0.25, 0.3) is 0 Å². The fourth-order valence-electron chi connectivity index (χ4n) is 3.24. The van der Waals surface area contributed by atoms with Gasteiger partial charge in [-0.3, -0.25) is 14.3 Å². The summed E-state index contributed by atoms with van der Waals surface area (Å²) in [7, 11) is 0. The standard InChI is InChI=1S/C23H26N4O2/c1-16-22(17(2)27(26-16)15-20-7-5-4-6-8-20)14-24-23(29)13-19-9-11-21(12-10-19)25-18(3)28/h4-12H,13-15H2,1-3H3,(H,24,29)(H,25,28). The van der Waals surface area contributed by atoms with Gasteiger partial charge in [-0.25, -0.2) is 0 Å². The van der Waals surface area contributed by atoms with E-state index in [1.165, 1.54) is 12.5 Å². The van der Waals surface area contributed by atoms with Crippen molar-refractivity contribution in [1.82, 2.24) is 15.1 Å². The van der Waals surface area contributed by atoms with Crippen molar-refractivity contribution in [3.8, 4) is 0 Å². The van der Waals surface area contributed by atoms with Gasteiger partial charge in [0, 0.05) is 30.4 Å². The van der Waals surface area contributed by atoms with Crippen molar-refractivity contribution < 1.29 is 9.59 Å². The second kappa shape index (κ2) is 9.19. The zero-order chi connectivity index (χ0) is 20.8. The van der Waals surface area contributed by atoms with Crippen LogP contribution in [-0.2, 0) is 29.1 Å². The molecule has 0 atom stereocenters. The highest BCUT2D eigenvalue weighted by Crippen LogP contribution is 2.15. The Morgan fingerprint density at radius 2 is 1.66 bits per heavy atom. The molecule has 29 heavy (non-hydrogen) atoms. The maximum atomic E-state index is 12.4. The number of aryl methyl sites for hydroxylation is 1. The lowest BCUT2D eigenvalue weighted by molar-refractivity contribution is -0.120. The molecule has 0 aliphatic heterocycles. The normalized spacial score (nSPS) is 10.6. The molecule has 2 aromatic carbocycles. The van der Waals surface area contributed by atoms with Gasteiger partial charge in [-0.05, 0) is 37.1 Å². The van der Waals surface area contributed by atoms with Gasteiger partial charge in [0.2, 0.25) is 11.8 Å². The van der Waals surface area contributed by atoms with Crippen LogP contribution in [-0.4, -0.2) is 21.6 Å². The van der Waals surface area contributed by atoms with Crippen molar-refractivity contribution >= 4 is 17.5 Å². The number of rotatable bonds is 7. The second-order valence-electron chi connectivity index (χ2n) is 7.12. The summed E-state index contributed by atoms with van der Waals surface area (Å²) >= 11 is 0. The van der Waals surface area contributed by atoms with Gasteiger partial charge in [-0.1, -0.05) is 42.5 Å². The van der Waals surface area contributed by atoms with Gasteiger partial charge >= 0.3 is 0 Å². The van der Waals surface area contributed by atoms with Gasteiger partial charge < -0.3 is 10.6 Å². The number of benzene rings is 2. The molecule has 3 rings (SSSR count). The summed E-state index contributed by atoms with van der Waals surface area (Å²) in [5, 5.41) is 10.3. The highest BCUT2D eigenvalue weighted by Gasteiger charge is 2.13. The molecule has 150 valence electrons. The Morgan fingerprint density at radius 1 is 0.966 bits per heavy atom. The van der Waals surface area contributed by atoms with E-state index in [-0.39, 0.29) is 18.2 Å². The van der Waals surface area contributed by atoms with Crippen LogP contribution in [0.15, 0.2) is 54.6 Å². The van der Waals surface area contributed by atoms with E-state index in [1.807, 2.05) is 48.9 Å². The Kier molecular flexibility index (Phi) is 6.44. The molecule has 6 nitrogen and oxygen atoms in total. The Labute approximate surface area is 170 Å². The van der Waals surface area contributed by atoms with Gasteiger partial charge in [-0.2, -0.15) is 5.10 Å². The van der Waals surface area contributed by atoms with E-state index in [4.69, 9.17) is 0 Å². The third-order valence-corrected chi connectivity index (χ3v) is 4.81. The zero-order valence-corrected chi connectivity index (χ0v) is 17.0.